The van der Waals surface area contributed by atoms with Crippen molar-refractivity contribution >= 4 is 16.8 Å². The molecular formula is C21H17N3O4. The normalized spacial score (nSPS) is 12.0. The summed E-state index contributed by atoms with van der Waals surface area (Å²) >= 11 is 0. The second kappa shape index (κ2) is 7.03. The molecule has 2 aromatic carbocycles. The fraction of sp³-hybridized carbons (Fsp3) is 0.0952. The van der Waals surface area contributed by atoms with Gasteiger partial charge in [0, 0.05) is 5.56 Å². The molecule has 0 aliphatic rings. The molecule has 0 fully saturated rings. The summed E-state index contributed by atoms with van der Waals surface area (Å²) in [5.74, 6) is 0.298. The number of fused-ring (bicyclic) bond motifs is 1. The van der Waals surface area contributed by atoms with Crippen molar-refractivity contribution in [1.29, 1.82) is 0 Å². The minimum Gasteiger partial charge on any atom is -0.467 e. The van der Waals surface area contributed by atoms with Crippen LogP contribution in [0.5, 0.6) is 0 Å². The number of carbonyl (C=O) groups excluding carboxylic acids is 1. The molecule has 7 heteroatoms. The zero-order valence-electron chi connectivity index (χ0n) is 15.0. The lowest BCUT2D eigenvalue weighted by atomic mass is 10.1. The van der Waals surface area contributed by atoms with E-state index >= 15 is 0 Å². The molecule has 1 amide bonds. The highest BCUT2D eigenvalue weighted by Gasteiger charge is 2.15. The number of rotatable bonds is 4. The van der Waals surface area contributed by atoms with E-state index in [-0.39, 0.29) is 11.9 Å². The van der Waals surface area contributed by atoms with E-state index < -0.39 is 11.2 Å². The minimum atomic E-state index is -0.565. The molecule has 0 radical (unpaired) electrons. The van der Waals surface area contributed by atoms with Gasteiger partial charge in [-0.3, -0.25) is 9.59 Å². The number of carbonyl (C=O) groups is 1. The molecular weight excluding hydrogens is 358 g/mol. The summed E-state index contributed by atoms with van der Waals surface area (Å²) in [6, 6.07) is 16.5. The van der Waals surface area contributed by atoms with Crippen molar-refractivity contribution in [1.82, 2.24) is 14.9 Å². The number of nitrogens with one attached hydrogen (secondary N) is 2. The Labute approximate surface area is 159 Å². The Morgan fingerprint density at radius 2 is 1.86 bits per heavy atom. The van der Waals surface area contributed by atoms with E-state index in [9.17, 15) is 14.4 Å². The smallest absolute Gasteiger partial charge is 0.333 e. The van der Waals surface area contributed by atoms with Gasteiger partial charge < -0.3 is 14.7 Å². The lowest BCUT2D eigenvalue weighted by Crippen LogP contribution is -2.33. The average molecular weight is 375 g/mol. The molecule has 4 rings (SSSR count). The first kappa shape index (κ1) is 17.5. The number of H-pyrrole nitrogens is 1. The molecule has 7 nitrogen and oxygen atoms in total. The summed E-state index contributed by atoms with van der Waals surface area (Å²) in [6.07, 6.45) is 1.54. The molecule has 0 aliphatic heterocycles. The minimum absolute atomic E-state index is 0.306. The zero-order chi connectivity index (χ0) is 19.7. The summed E-state index contributed by atoms with van der Waals surface area (Å²) < 4.78 is 6.35. The molecule has 140 valence electrons. The molecule has 2 aromatic heterocycles. The molecule has 28 heavy (non-hydrogen) atoms. The van der Waals surface area contributed by atoms with E-state index in [1.165, 1.54) is 12.3 Å². The molecule has 0 aliphatic carbocycles. The van der Waals surface area contributed by atoms with Crippen LogP contribution in [0, 0.1) is 0 Å². The van der Waals surface area contributed by atoms with E-state index in [1.54, 1.807) is 61.5 Å². The van der Waals surface area contributed by atoms with Gasteiger partial charge in [0.2, 0.25) is 0 Å². The molecule has 0 unspecified atom stereocenters. The van der Waals surface area contributed by atoms with Gasteiger partial charge in [0.25, 0.3) is 11.5 Å². The molecule has 2 heterocycles. The maximum atomic E-state index is 12.8. The topological polar surface area (TPSA) is 97.1 Å². The standard InChI is InChI=1S/C21H17N3O4/c1-13(18-8-5-11-28-18)22-19(25)14-9-10-16-17(12-14)23-21(27)24(20(16)26)15-6-3-2-4-7-15/h2-13H,1H3,(H,22,25)(H,23,27)/t13-/m1/s1. The van der Waals surface area contributed by atoms with Crippen molar-refractivity contribution in [2.75, 3.05) is 0 Å². The highest BCUT2D eigenvalue weighted by atomic mass is 16.3. The molecule has 0 saturated heterocycles. The van der Waals surface area contributed by atoms with Gasteiger partial charge in [0.05, 0.1) is 28.9 Å². The second-order valence-electron chi connectivity index (χ2n) is 6.38. The number of hydrogen-bond acceptors (Lipinski definition) is 4. The first-order valence-corrected chi connectivity index (χ1v) is 8.73. The number of para-hydroxylation sites is 1. The predicted molar refractivity (Wildman–Crippen MR) is 105 cm³/mol. The number of hydrogen-bond donors (Lipinski definition) is 2. The lowest BCUT2D eigenvalue weighted by Gasteiger charge is -2.12. The summed E-state index contributed by atoms with van der Waals surface area (Å²) in [5.41, 5.74) is 0.106. The second-order valence-corrected chi connectivity index (χ2v) is 6.38. The zero-order valence-corrected chi connectivity index (χ0v) is 15.0. The van der Waals surface area contributed by atoms with Crippen LogP contribution in [-0.4, -0.2) is 15.5 Å². The van der Waals surface area contributed by atoms with Gasteiger partial charge >= 0.3 is 5.69 Å². The third-order valence-corrected chi connectivity index (χ3v) is 4.49. The first-order valence-electron chi connectivity index (χ1n) is 8.73. The van der Waals surface area contributed by atoms with Gasteiger partial charge in [0.1, 0.15) is 5.76 Å². The van der Waals surface area contributed by atoms with Crippen LogP contribution >= 0.6 is 0 Å². The lowest BCUT2D eigenvalue weighted by molar-refractivity contribution is 0.0935. The predicted octanol–water partition coefficient (Wildman–Crippen LogP) is 2.76. The van der Waals surface area contributed by atoms with Crippen molar-refractivity contribution < 1.29 is 9.21 Å². The third-order valence-electron chi connectivity index (χ3n) is 4.49. The van der Waals surface area contributed by atoms with Gasteiger partial charge in [-0.1, -0.05) is 18.2 Å². The fourth-order valence-electron chi connectivity index (χ4n) is 3.06. The van der Waals surface area contributed by atoms with Gasteiger partial charge in [0.15, 0.2) is 0 Å². The van der Waals surface area contributed by atoms with Crippen LogP contribution < -0.4 is 16.6 Å². The molecule has 0 spiro atoms. The summed E-state index contributed by atoms with van der Waals surface area (Å²) in [4.78, 5) is 40.5. The van der Waals surface area contributed by atoms with Gasteiger partial charge in [-0.15, -0.1) is 0 Å². The summed E-state index contributed by atoms with van der Waals surface area (Å²) in [7, 11) is 0. The van der Waals surface area contributed by atoms with Gasteiger partial charge in [-0.05, 0) is 49.4 Å². The molecule has 0 saturated carbocycles. The van der Waals surface area contributed by atoms with Crippen molar-refractivity contribution in [3.05, 3.63) is 99.1 Å². The molecule has 4 aromatic rings. The Kier molecular flexibility index (Phi) is 4.41. The number of furan rings is 1. The maximum Gasteiger partial charge on any atom is 0.333 e. The summed E-state index contributed by atoms with van der Waals surface area (Å²) in [5, 5.41) is 3.14. The van der Waals surface area contributed by atoms with Crippen LogP contribution in [-0.2, 0) is 0 Å². The Morgan fingerprint density at radius 1 is 1.07 bits per heavy atom. The number of aromatic nitrogens is 2. The quantitative estimate of drug-likeness (QED) is 0.573. The Hall–Kier alpha value is -3.87. The SMILES string of the molecule is C[C@@H](NC(=O)c1ccc2c(=O)n(-c3ccccc3)c(=O)[nH]c2c1)c1ccco1. The van der Waals surface area contributed by atoms with Crippen LogP contribution in [0.2, 0.25) is 0 Å². The highest BCUT2D eigenvalue weighted by molar-refractivity contribution is 5.97. The molecule has 2 N–H and O–H groups in total. The number of amides is 1. The Balaban J connectivity index is 1.71. The van der Waals surface area contributed by atoms with E-state index in [0.717, 1.165) is 4.57 Å². The molecule has 0 bridgehead atoms. The molecule has 1 atom stereocenters. The van der Waals surface area contributed by atoms with Crippen molar-refractivity contribution in [3.63, 3.8) is 0 Å². The number of benzene rings is 2. The van der Waals surface area contributed by atoms with Crippen molar-refractivity contribution in [2.45, 2.75) is 13.0 Å². The van der Waals surface area contributed by atoms with Crippen molar-refractivity contribution in [2.24, 2.45) is 0 Å². The largest absolute Gasteiger partial charge is 0.467 e. The van der Waals surface area contributed by atoms with Gasteiger partial charge in [-0.25, -0.2) is 9.36 Å². The fourth-order valence-corrected chi connectivity index (χ4v) is 3.06. The van der Waals surface area contributed by atoms with E-state index in [2.05, 4.69) is 10.3 Å². The van der Waals surface area contributed by atoms with Crippen LogP contribution in [0.15, 0.2) is 80.9 Å². The van der Waals surface area contributed by atoms with E-state index in [1.807, 2.05) is 0 Å². The highest BCUT2D eigenvalue weighted by Crippen LogP contribution is 2.15. The number of aromatic amines is 1. The monoisotopic (exact) mass is 375 g/mol. The van der Waals surface area contributed by atoms with Crippen LogP contribution in [0.25, 0.3) is 16.6 Å². The number of nitrogens with zero attached hydrogens (tertiary/aromatic N) is 1. The Morgan fingerprint density at radius 3 is 2.57 bits per heavy atom. The summed E-state index contributed by atoms with van der Waals surface area (Å²) in [6.45, 7) is 1.80. The average Bonchev–Trinajstić information content (AvgIpc) is 3.23. The van der Waals surface area contributed by atoms with E-state index in [0.29, 0.717) is 27.9 Å². The van der Waals surface area contributed by atoms with Crippen molar-refractivity contribution in [3.8, 4) is 5.69 Å². The van der Waals surface area contributed by atoms with Crippen LogP contribution in [0.3, 0.4) is 0 Å². The van der Waals surface area contributed by atoms with Gasteiger partial charge in [-0.2, -0.15) is 0 Å². The van der Waals surface area contributed by atoms with E-state index in [4.69, 9.17) is 4.42 Å². The maximum absolute atomic E-state index is 12.8. The van der Waals surface area contributed by atoms with Crippen LogP contribution in [0.1, 0.15) is 29.1 Å². The van der Waals surface area contributed by atoms with Crippen LogP contribution in [0.4, 0.5) is 0 Å². The Bertz CT molecular complexity index is 1250. The first-order chi connectivity index (χ1) is 13.5. The third kappa shape index (κ3) is 3.14.